The van der Waals surface area contributed by atoms with Crippen LogP contribution in [0.5, 0.6) is 11.8 Å². The topological polar surface area (TPSA) is 137 Å². The zero-order valence-electron chi connectivity index (χ0n) is 29.4. The Morgan fingerprint density at radius 1 is 1.15 bits per heavy atom. The van der Waals surface area contributed by atoms with Crippen LogP contribution in [0.15, 0.2) is 42.7 Å². The predicted octanol–water partition coefficient (Wildman–Crippen LogP) is 5.92. The van der Waals surface area contributed by atoms with Gasteiger partial charge in [0, 0.05) is 50.6 Å². The number of piperazine rings is 1. The van der Waals surface area contributed by atoms with Crippen LogP contribution in [-0.2, 0) is 6.42 Å². The number of fused-ring (bicyclic) bond motifs is 3. The number of pyridine rings is 1. The van der Waals surface area contributed by atoms with Gasteiger partial charge in [0.25, 0.3) is 0 Å². The lowest BCUT2D eigenvalue weighted by Crippen LogP contribution is -2.56. The molecule has 1 N–H and O–H groups in total. The van der Waals surface area contributed by atoms with Crippen molar-refractivity contribution in [2.45, 2.75) is 63.7 Å². The molecule has 0 saturated carbocycles. The molecular formula is C38H38F3N9O3. The first-order valence-electron chi connectivity index (χ1n) is 17.9. The monoisotopic (exact) mass is 725 g/mol. The van der Waals surface area contributed by atoms with Gasteiger partial charge in [-0.25, -0.2) is 18.0 Å². The summed E-state index contributed by atoms with van der Waals surface area (Å²) >= 11 is 0. The smallest absolute Gasteiger partial charge is 0.345 e. The number of ether oxygens (including phenoxy) is 1. The number of amides is 1. The number of alkyl halides is 1. The molecule has 2 aromatic carbocycles. The first-order chi connectivity index (χ1) is 25.6. The Balaban J connectivity index is 1.23. The maximum Gasteiger partial charge on any atom is 0.345 e. The minimum atomic E-state index is -0.977. The van der Waals surface area contributed by atoms with Gasteiger partial charge in [0.2, 0.25) is 0 Å². The van der Waals surface area contributed by atoms with Crippen LogP contribution in [-0.4, -0.2) is 103 Å². The van der Waals surface area contributed by atoms with E-state index in [9.17, 15) is 19.6 Å². The van der Waals surface area contributed by atoms with E-state index in [-0.39, 0.29) is 72.6 Å². The number of rotatable bonds is 7. The number of hydrogen-bond donors (Lipinski definition) is 1. The van der Waals surface area contributed by atoms with Gasteiger partial charge in [-0.2, -0.15) is 25.0 Å². The van der Waals surface area contributed by atoms with Crippen LogP contribution < -0.4 is 9.64 Å². The van der Waals surface area contributed by atoms with Gasteiger partial charge in [0.15, 0.2) is 5.82 Å². The fourth-order valence-electron chi connectivity index (χ4n) is 8.43. The van der Waals surface area contributed by atoms with Gasteiger partial charge in [-0.3, -0.25) is 9.88 Å². The molecule has 3 fully saturated rings. The third-order valence-electron chi connectivity index (χ3n) is 10.9. The van der Waals surface area contributed by atoms with Gasteiger partial charge in [0.05, 0.1) is 35.2 Å². The molecule has 3 atom stereocenters. The molecule has 53 heavy (non-hydrogen) atoms. The number of benzene rings is 2. The SMILES string of the molecule is CCc1c(F)ccc2cc(O)cc(-c3ncc4c(N5CCN(C(=O)n6ccc(C)n6)C(CC#N)C5)nc(OC[C@@]56CCCN5C[C@H](F)C6)nc4c3F)c12. The number of aryl methyl sites for hydroxylation is 2. The Morgan fingerprint density at radius 2 is 2.00 bits per heavy atom. The molecule has 12 nitrogen and oxygen atoms in total. The lowest BCUT2D eigenvalue weighted by molar-refractivity contribution is 0.107. The highest BCUT2D eigenvalue weighted by molar-refractivity contribution is 6.01. The van der Waals surface area contributed by atoms with Gasteiger partial charge < -0.3 is 19.6 Å². The van der Waals surface area contributed by atoms with E-state index in [0.29, 0.717) is 47.2 Å². The molecule has 6 heterocycles. The van der Waals surface area contributed by atoms with Gasteiger partial charge in [-0.15, -0.1) is 0 Å². The normalized spacial score (nSPS) is 21.7. The molecule has 3 saturated heterocycles. The van der Waals surface area contributed by atoms with Gasteiger partial charge >= 0.3 is 12.0 Å². The molecule has 274 valence electrons. The second-order valence-electron chi connectivity index (χ2n) is 14.2. The Morgan fingerprint density at radius 3 is 2.77 bits per heavy atom. The lowest BCUT2D eigenvalue weighted by atomic mass is 9.94. The molecule has 0 spiro atoms. The molecule has 15 heteroatoms. The molecule has 1 amide bonds. The molecule has 0 bridgehead atoms. The summed E-state index contributed by atoms with van der Waals surface area (Å²) in [4.78, 5) is 32.9. The third kappa shape index (κ3) is 6.04. The number of phenols is 1. The van der Waals surface area contributed by atoms with E-state index in [4.69, 9.17) is 9.72 Å². The highest BCUT2D eigenvalue weighted by Gasteiger charge is 2.49. The van der Waals surface area contributed by atoms with E-state index in [0.717, 1.165) is 19.4 Å². The molecule has 0 aliphatic carbocycles. The van der Waals surface area contributed by atoms with Crippen molar-refractivity contribution >= 4 is 33.5 Å². The molecule has 3 aromatic heterocycles. The minimum Gasteiger partial charge on any atom is -0.508 e. The summed E-state index contributed by atoms with van der Waals surface area (Å²) in [6.07, 6.45) is 4.36. The summed E-state index contributed by atoms with van der Waals surface area (Å²) in [7, 11) is 0. The summed E-state index contributed by atoms with van der Waals surface area (Å²) < 4.78 is 54.3. The molecule has 3 aliphatic rings. The van der Waals surface area contributed by atoms with Crippen molar-refractivity contribution in [2.75, 3.05) is 44.2 Å². The van der Waals surface area contributed by atoms with E-state index >= 15 is 8.78 Å². The van der Waals surface area contributed by atoms with Crippen LogP contribution in [0.4, 0.5) is 23.8 Å². The van der Waals surface area contributed by atoms with Crippen molar-refractivity contribution in [3.05, 3.63) is 65.6 Å². The number of nitrogens with zero attached hydrogens (tertiary/aromatic N) is 9. The lowest BCUT2D eigenvalue weighted by Gasteiger charge is -2.41. The van der Waals surface area contributed by atoms with Crippen molar-refractivity contribution in [1.29, 1.82) is 5.26 Å². The Hall–Kier alpha value is -5.49. The Labute approximate surface area is 303 Å². The average Bonchev–Trinajstić information content (AvgIpc) is 3.84. The van der Waals surface area contributed by atoms with Crippen LogP contribution in [0.25, 0.3) is 32.9 Å². The van der Waals surface area contributed by atoms with Crippen molar-refractivity contribution in [3.63, 3.8) is 0 Å². The standard InChI is InChI=1S/C38H38F3N9O3/c1-3-27-30(40)6-5-23-15-26(51)16-28(31(23)27)33-32(41)34-29(18-43-33)35(45-36(44-34)53-21-38-9-4-11-48(38)19-24(39)17-38)47-13-14-49(25(20-47)7-10-42)37(52)50-12-8-22(2)46-50/h5-6,8,12,15-16,18,24-25,51H,3-4,7,9,11,13-14,17,19-21H2,1-2H3/t24-,25?,38+/m1/s1. The number of nitriles is 1. The van der Waals surface area contributed by atoms with Crippen molar-refractivity contribution in [1.82, 2.24) is 34.5 Å². The zero-order chi connectivity index (χ0) is 37.0. The van der Waals surface area contributed by atoms with E-state index in [1.807, 2.05) is 4.90 Å². The van der Waals surface area contributed by atoms with E-state index < -0.39 is 29.4 Å². The fourth-order valence-corrected chi connectivity index (χ4v) is 8.43. The van der Waals surface area contributed by atoms with E-state index in [1.54, 1.807) is 31.0 Å². The van der Waals surface area contributed by atoms with Gasteiger partial charge in [-0.1, -0.05) is 13.0 Å². The molecule has 8 rings (SSSR count). The molecule has 1 unspecified atom stereocenters. The number of phenolic OH excluding ortho intramolecular Hbond substituents is 1. The average molecular weight is 726 g/mol. The summed E-state index contributed by atoms with van der Waals surface area (Å²) in [5.74, 6) is -1.12. The number of carbonyl (C=O) groups is 1. The Kier molecular flexibility index (Phi) is 8.80. The molecule has 5 aromatic rings. The third-order valence-corrected chi connectivity index (χ3v) is 10.9. The van der Waals surface area contributed by atoms with Crippen molar-refractivity contribution in [2.24, 2.45) is 0 Å². The van der Waals surface area contributed by atoms with Crippen LogP contribution in [0.1, 0.15) is 43.9 Å². The second-order valence-corrected chi connectivity index (χ2v) is 14.2. The maximum atomic E-state index is 17.1. The number of anilines is 1. The molecule has 0 radical (unpaired) electrons. The molecular weight excluding hydrogens is 687 g/mol. The number of halogens is 3. The second kappa shape index (κ2) is 13.5. The fraction of sp³-hybridized carbons (Fsp3) is 0.421. The highest BCUT2D eigenvalue weighted by Crippen LogP contribution is 2.42. The number of carbonyl (C=O) groups excluding carboxylic acids is 1. The maximum absolute atomic E-state index is 17.1. The van der Waals surface area contributed by atoms with Crippen molar-refractivity contribution in [3.8, 4) is 29.1 Å². The summed E-state index contributed by atoms with van der Waals surface area (Å²) in [5.41, 5.74) is 0.467. The summed E-state index contributed by atoms with van der Waals surface area (Å²) in [6, 6.07) is 8.58. The van der Waals surface area contributed by atoms with Gasteiger partial charge in [-0.05, 0) is 73.3 Å². The van der Waals surface area contributed by atoms with E-state index in [1.165, 1.54) is 35.1 Å². The largest absolute Gasteiger partial charge is 0.508 e. The first-order valence-corrected chi connectivity index (χ1v) is 17.9. The van der Waals surface area contributed by atoms with Crippen LogP contribution >= 0.6 is 0 Å². The molecule has 3 aliphatic heterocycles. The number of aromatic nitrogens is 5. The quantitative estimate of drug-likeness (QED) is 0.215. The highest BCUT2D eigenvalue weighted by atomic mass is 19.1. The summed E-state index contributed by atoms with van der Waals surface area (Å²) in [5, 5.41) is 25.9. The van der Waals surface area contributed by atoms with Gasteiger partial charge in [0.1, 0.15) is 41.4 Å². The van der Waals surface area contributed by atoms with E-state index in [2.05, 4.69) is 26.0 Å². The van der Waals surface area contributed by atoms with Crippen LogP contribution in [0.3, 0.4) is 0 Å². The van der Waals surface area contributed by atoms with Crippen LogP contribution in [0.2, 0.25) is 0 Å². The predicted molar refractivity (Wildman–Crippen MR) is 190 cm³/mol. The number of hydrogen-bond acceptors (Lipinski definition) is 10. The zero-order valence-corrected chi connectivity index (χ0v) is 29.4. The number of aromatic hydroxyl groups is 1. The minimum absolute atomic E-state index is 0.0231. The van der Waals surface area contributed by atoms with Crippen molar-refractivity contribution < 1.29 is 27.8 Å². The first kappa shape index (κ1) is 34.6. The Bertz CT molecular complexity index is 2290. The van der Waals surface area contributed by atoms with Crippen LogP contribution in [0, 0.1) is 29.9 Å². The summed E-state index contributed by atoms with van der Waals surface area (Å²) in [6.45, 7) is 5.46.